The summed E-state index contributed by atoms with van der Waals surface area (Å²) in [7, 11) is -3.83. The van der Waals surface area contributed by atoms with E-state index in [1.807, 2.05) is 13.8 Å². The highest BCUT2D eigenvalue weighted by molar-refractivity contribution is 7.89. The highest BCUT2D eigenvalue weighted by atomic mass is 32.2. The van der Waals surface area contributed by atoms with Gasteiger partial charge in [-0.3, -0.25) is 4.98 Å². The molecule has 1 aromatic heterocycles. The van der Waals surface area contributed by atoms with E-state index in [9.17, 15) is 8.42 Å². The van der Waals surface area contributed by atoms with Crippen LogP contribution in [-0.2, 0) is 14.8 Å². The van der Waals surface area contributed by atoms with Crippen molar-refractivity contribution in [1.29, 1.82) is 0 Å². The van der Waals surface area contributed by atoms with Crippen LogP contribution in [0, 0.1) is 13.8 Å². The molecule has 6 nitrogen and oxygen atoms in total. The van der Waals surface area contributed by atoms with Gasteiger partial charge >= 0.3 is 0 Å². The number of ether oxygens (including phenoxy) is 1. The molecule has 164 valence electrons. The van der Waals surface area contributed by atoms with Crippen molar-refractivity contribution in [1.82, 2.24) is 4.98 Å². The zero-order valence-electron chi connectivity index (χ0n) is 18.2. The van der Waals surface area contributed by atoms with E-state index in [1.54, 1.807) is 18.2 Å². The Labute approximate surface area is 183 Å². The van der Waals surface area contributed by atoms with Crippen LogP contribution in [0.25, 0.3) is 10.9 Å². The Hall–Kier alpha value is -2.48. The summed E-state index contributed by atoms with van der Waals surface area (Å²) in [6, 6.07) is 13.1. The van der Waals surface area contributed by atoms with Gasteiger partial charge in [0.2, 0.25) is 10.0 Å². The van der Waals surface area contributed by atoms with E-state index >= 15 is 0 Å². The number of pyridine rings is 1. The molecule has 1 saturated heterocycles. The lowest BCUT2D eigenvalue weighted by Crippen LogP contribution is -2.18. The summed E-state index contributed by atoms with van der Waals surface area (Å²) < 4.78 is 29.7. The van der Waals surface area contributed by atoms with Crippen LogP contribution in [0.3, 0.4) is 0 Å². The van der Waals surface area contributed by atoms with Gasteiger partial charge in [0.25, 0.3) is 0 Å². The van der Waals surface area contributed by atoms with E-state index < -0.39 is 10.0 Å². The van der Waals surface area contributed by atoms with Gasteiger partial charge in [-0.2, -0.15) is 0 Å². The number of nitrogens with two attached hydrogens (primary N) is 1. The van der Waals surface area contributed by atoms with Crippen molar-refractivity contribution in [2.24, 2.45) is 5.14 Å². The summed E-state index contributed by atoms with van der Waals surface area (Å²) in [5.74, 6) is 0.353. The van der Waals surface area contributed by atoms with E-state index in [1.165, 1.54) is 11.6 Å². The first-order valence-corrected chi connectivity index (χ1v) is 12.2. The van der Waals surface area contributed by atoms with Gasteiger partial charge in [-0.25, -0.2) is 13.6 Å². The molecule has 1 fully saturated rings. The van der Waals surface area contributed by atoms with Crippen LogP contribution in [0.15, 0.2) is 47.4 Å². The molecule has 3 N–H and O–H groups in total. The number of nitrogens with zero attached hydrogens (tertiary/aromatic N) is 1. The molecule has 0 amide bonds. The molecule has 4 rings (SSSR count). The largest absolute Gasteiger partial charge is 0.381 e. The van der Waals surface area contributed by atoms with E-state index in [0.717, 1.165) is 53.8 Å². The SMILES string of the molecule is Cc1cc([C@H](C)Nc2ccccc2S(N)(=O)=O)c2cc([C@@H]3CCCOC3)c(C)nc2c1. The summed E-state index contributed by atoms with van der Waals surface area (Å²) in [5.41, 5.74) is 5.89. The Morgan fingerprint density at radius 1 is 1.19 bits per heavy atom. The molecular formula is C24H29N3O3S. The molecule has 0 spiro atoms. The van der Waals surface area contributed by atoms with Gasteiger partial charge in [0.15, 0.2) is 0 Å². The molecule has 7 heteroatoms. The van der Waals surface area contributed by atoms with Crippen LogP contribution in [0.4, 0.5) is 5.69 Å². The van der Waals surface area contributed by atoms with E-state index in [4.69, 9.17) is 14.9 Å². The molecule has 0 radical (unpaired) electrons. The van der Waals surface area contributed by atoms with Crippen molar-refractivity contribution in [3.8, 4) is 0 Å². The average molecular weight is 440 g/mol. The highest BCUT2D eigenvalue weighted by Crippen LogP contribution is 2.34. The van der Waals surface area contributed by atoms with Gasteiger partial charge in [0.1, 0.15) is 4.90 Å². The smallest absolute Gasteiger partial charge is 0.240 e. The summed E-state index contributed by atoms with van der Waals surface area (Å²) in [6.45, 7) is 7.69. The first-order valence-electron chi connectivity index (χ1n) is 10.6. The fourth-order valence-corrected chi connectivity index (χ4v) is 5.17. The molecule has 1 aliphatic rings. The predicted octanol–water partition coefficient (Wildman–Crippen LogP) is 4.57. The van der Waals surface area contributed by atoms with Crippen molar-refractivity contribution in [2.45, 2.75) is 50.5 Å². The second-order valence-electron chi connectivity index (χ2n) is 8.41. The first kappa shape index (κ1) is 21.7. The van der Waals surface area contributed by atoms with Gasteiger partial charge in [-0.1, -0.05) is 18.2 Å². The Kier molecular flexibility index (Phi) is 6.01. The number of primary sulfonamides is 1. The second kappa shape index (κ2) is 8.57. The molecule has 31 heavy (non-hydrogen) atoms. The lowest BCUT2D eigenvalue weighted by Gasteiger charge is -2.25. The van der Waals surface area contributed by atoms with Crippen LogP contribution >= 0.6 is 0 Å². The third-order valence-corrected chi connectivity index (χ3v) is 6.94. The number of sulfonamides is 1. The molecule has 2 atom stereocenters. The lowest BCUT2D eigenvalue weighted by molar-refractivity contribution is 0.0802. The van der Waals surface area contributed by atoms with Gasteiger partial charge in [-0.15, -0.1) is 0 Å². The van der Waals surface area contributed by atoms with Gasteiger partial charge in [0.05, 0.1) is 17.8 Å². The van der Waals surface area contributed by atoms with Crippen molar-refractivity contribution in [3.05, 3.63) is 64.8 Å². The number of rotatable bonds is 5. The van der Waals surface area contributed by atoms with Gasteiger partial charge in [0, 0.05) is 29.6 Å². The summed E-state index contributed by atoms with van der Waals surface area (Å²) >= 11 is 0. The van der Waals surface area contributed by atoms with Gasteiger partial charge < -0.3 is 10.1 Å². The number of aromatic nitrogens is 1. The van der Waals surface area contributed by atoms with Crippen molar-refractivity contribution < 1.29 is 13.2 Å². The average Bonchev–Trinajstić information content (AvgIpc) is 2.73. The van der Waals surface area contributed by atoms with Crippen LogP contribution in [-0.4, -0.2) is 26.6 Å². The van der Waals surface area contributed by atoms with Crippen LogP contribution in [0.1, 0.15) is 54.1 Å². The number of aryl methyl sites for hydroxylation is 2. The molecule has 0 bridgehead atoms. The summed E-state index contributed by atoms with van der Waals surface area (Å²) in [4.78, 5) is 5.01. The maximum Gasteiger partial charge on any atom is 0.240 e. The fourth-order valence-electron chi connectivity index (χ4n) is 4.46. The molecule has 0 unspecified atom stereocenters. The predicted molar refractivity (Wildman–Crippen MR) is 124 cm³/mol. The number of hydrogen-bond acceptors (Lipinski definition) is 5. The second-order valence-corrected chi connectivity index (χ2v) is 9.93. The highest BCUT2D eigenvalue weighted by Gasteiger charge is 2.22. The van der Waals surface area contributed by atoms with E-state index in [-0.39, 0.29) is 10.9 Å². The van der Waals surface area contributed by atoms with E-state index in [2.05, 4.69) is 30.4 Å². The monoisotopic (exact) mass is 439 g/mol. The Morgan fingerprint density at radius 3 is 2.68 bits per heavy atom. The number of nitrogens with one attached hydrogen (secondary N) is 1. The molecule has 0 aliphatic carbocycles. The zero-order valence-corrected chi connectivity index (χ0v) is 19.0. The molecule has 1 aliphatic heterocycles. The van der Waals surface area contributed by atoms with Crippen LogP contribution in [0.5, 0.6) is 0 Å². The van der Waals surface area contributed by atoms with Crippen molar-refractivity contribution in [2.75, 3.05) is 18.5 Å². The molecular weight excluding hydrogens is 410 g/mol. The minimum absolute atomic E-state index is 0.0906. The van der Waals surface area contributed by atoms with Crippen molar-refractivity contribution in [3.63, 3.8) is 0 Å². The first-order chi connectivity index (χ1) is 14.7. The Morgan fingerprint density at radius 2 is 1.97 bits per heavy atom. The third kappa shape index (κ3) is 4.59. The molecule has 0 saturated carbocycles. The van der Waals surface area contributed by atoms with Gasteiger partial charge in [-0.05, 0) is 74.6 Å². The van der Waals surface area contributed by atoms with Crippen LogP contribution < -0.4 is 10.5 Å². The summed E-state index contributed by atoms with van der Waals surface area (Å²) in [6.07, 6.45) is 2.16. The molecule has 2 aromatic carbocycles. The number of para-hydroxylation sites is 1. The Balaban J connectivity index is 1.78. The standard InChI is InChI=1S/C24H29N3O3S/c1-15-11-20(17(3)26-22-8-4-5-9-24(22)31(25,28)29)21-13-19(16(2)27-23(21)12-15)18-7-6-10-30-14-18/h4-5,8-9,11-13,17-18,26H,6-7,10,14H2,1-3H3,(H2,25,28,29)/t17-,18+/m0/s1. The maximum atomic E-state index is 12.0. The topological polar surface area (TPSA) is 94.3 Å². The molecule has 2 heterocycles. The zero-order chi connectivity index (χ0) is 22.2. The van der Waals surface area contributed by atoms with Crippen molar-refractivity contribution >= 4 is 26.6 Å². The molecule has 3 aromatic rings. The lowest BCUT2D eigenvalue weighted by atomic mass is 9.89. The van der Waals surface area contributed by atoms with Crippen LogP contribution in [0.2, 0.25) is 0 Å². The quantitative estimate of drug-likeness (QED) is 0.607. The van der Waals surface area contributed by atoms with E-state index in [0.29, 0.717) is 11.6 Å². The number of benzene rings is 2. The normalized spacial score (nSPS) is 18.1. The summed E-state index contributed by atoms with van der Waals surface area (Å²) in [5, 5.41) is 9.84. The fraction of sp³-hybridized carbons (Fsp3) is 0.375. The number of hydrogen-bond donors (Lipinski definition) is 2. The Bertz CT molecular complexity index is 1220. The minimum Gasteiger partial charge on any atom is -0.381 e. The minimum atomic E-state index is -3.83. The third-order valence-electron chi connectivity index (χ3n) is 5.97. The maximum absolute atomic E-state index is 12.0. The number of fused-ring (bicyclic) bond motifs is 1. The number of anilines is 1.